The monoisotopic (exact) mass is 239 g/mol. The van der Waals surface area contributed by atoms with Gasteiger partial charge in [-0.1, -0.05) is 56.3 Å². The number of benzene rings is 2. The maximum atomic E-state index is 5.86. The molecule has 1 nitrogen and oxygen atoms in total. The average Bonchev–Trinajstić information content (AvgIpc) is 2.46. The summed E-state index contributed by atoms with van der Waals surface area (Å²) in [4.78, 5) is 0. The molecule has 2 N–H and O–H groups in total. The summed E-state index contributed by atoms with van der Waals surface area (Å²) in [6.07, 6.45) is 2.09. The molecule has 0 saturated heterocycles. The van der Waals surface area contributed by atoms with Gasteiger partial charge in [-0.15, -0.1) is 0 Å². The lowest BCUT2D eigenvalue weighted by atomic mass is 9.88. The van der Waals surface area contributed by atoms with Gasteiger partial charge >= 0.3 is 0 Å². The van der Waals surface area contributed by atoms with Gasteiger partial charge in [-0.3, -0.25) is 0 Å². The van der Waals surface area contributed by atoms with Crippen molar-refractivity contribution in [1.82, 2.24) is 0 Å². The Labute approximate surface area is 110 Å². The molecule has 0 unspecified atom stereocenters. The molecule has 0 aliphatic carbocycles. The van der Waals surface area contributed by atoms with E-state index in [0.29, 0.717) is 6.54 Å². The van der Waals surface area contributed by atoms with Crippen molar-refractivity contribution in [3.63, 3.8) is 0 Å². The first kappa shape index (κ1) is 12.8. The minimum Gasteiger partial charge on any atom is -0.326 e. The van der Waals surface area contributed by atoms with Gasteiger partial charge < -0.3 is 5.73 Å². The molecule has 0 amide bonds. The second-order valence-electron chi connectivity index (χ2n) is 4.51. The Bertz CT molecular complexity index is 515. The second kappa shape index (κ2) is 5.83. The molecule has 0 aliphatic heterocycles. The SMILES string of the molecule is CCc1ccc(CN)c(CC)c1-c1ccccc1. The van der Waals surface area contributed by atoms with Crippen LogP contribution in [0.1, 0.15) is 30.5 Å². The van der Waals surface area contributed by atoms with Crippen LogP contribution in [0.3, 0.4) is 0 Å². The zero-order valence-corrected chi connectivity index (χ0v) is 11.2. The highest BCUT2D eigenvalue weighted by molar-refractivity contribution is 5.72. The summed E-state index contributed by atoms with van der Waals surface area (Å²) in [6.45, 7) is 5.04. The van der Waals surface area contributed by atoms with E-state index in [1.165, 1.54) is 27.8 Å². The molecule has 0 saturated carbocycles. The fourth-order valence-electron chi connectivity index (χ4n) is 2.59. The topological polar surface area (TPSA) is 26.0 Å². The van der Waals surface area contributed by atoms with E-state index in [1.54, 1.807) is 0 Å². The predicted octanol–water partition coefficient (Wildman–Crippen LogP) is 3.94. The molecule has 0 radical (unpaired) electrons. The lowest BCUT2D eigenvalue weighted by Crippen LogP contribution is -2.05. The molecule has 2 rings (SSSR count). The minimum absolute atomic E-state index is 0.618. The smallest absolute Gasteiger partial charge is 0.0181 e. The third-order valence-corrected chi connectivity index (χ3v) is 3.51. The van der Waals surface area contributed by atoms with Gasteiger partial charge in [0, 0.05) is 6.54 Å². The van der Waals surface area contributed by atoms with Gasteiger partial charge in [0.1, 0.15) is 0 Å². The van der Waals surface area contributed by atoms with Crippen molar-refractivity contribution in [2.24, 2.45) is 5.73 Å². The van der Waals surface area contributed by atoms with Crippen molar-refractivity contribution in [3.8, 4) is 11.1 Å². The largest absolute Gasteiger partial charge is 0.326 e. The van der Waals surface area contributed by atoms with Crippen LogP contribution in [0.2, 0.25) is 0 Å². The molecule has 2 aromatic carbocycles. The summed E-state index contributed by atoms with van der Waals surface area (Å²) in [5, 5.41) is 0. The zero-order chi connectivity index (χ0) is 13.0. The molecule has 0 fully saturated rings. The summed E-state index contributed by atoms with van der Waals surface area (Å²) < 4.78 is 0. The van der Waals surface area contributed by atoms with Crippen LogP contribution in [-0.2, 0) is 19.4 Å². The molecule has 94 valence electrons. The molecule has 0 heterocycles. The summed E-state index contributed by atoms with van der Waals surface area (Å²) in [6, 6.07) is 15.1. The normalized spacial score (nSPS) is 10.6. The number of hydrogen-bond acceptors (Lipinski definition) is 1. The highest BCUT2D eigenvalue weighted by Crippen LogP contribution is 2.31. The van der Waals surface area contributed by atoms with Gasteiger partial charge in [-0.2, -0.15) is 0 Å². The Morgan fingerprint density at radius 3 is 2.06 bits per heavy atom. The van der Waals surface area contributed by atoms with Crippen LogP contribution >= 0.6 is 0 Å². The maximum absolute atomic E-state index is 5.86. The molecule has 18 heavy (non-hydrogen) atoms. The van der Waals surface area contributed by atoms with Crippen molar-refractivity contribution in [2.75, 3.05) is 0 Å². The summed E-state index contributed by atoms with van der Waals surface area (Å²) in [7, 11) is 0. The first-order valence-corrected chi connectivity index (χ1v) is 6.70. The Balaban J connectivity index is 2.69. The van der Waals surface area contributed by atoms with E-state index in [-0.39, 0.29) is 0 Å². The Hall–Kier alpha value is -1.60. The van der Waals surface area contributed by atoms with E-state index in [1.807, 2.05) is 0 Å². The van der Waals surface area contributed by atoms with Gasteiger partial charge in [-0.05, 0) is 40.7 Å². The van der Waals surface area contributed by atoms with E-state index >= 15 is 0 Å². The average molecular weight is 239 g/mol. The van der Waals surface area contributed by atoms with Crippen molar-refractivity contribution in [2.45, 2.75) is 33.2 Å². The van der Waals surface area contributed by atoms with Crippen LogP contribution in [0, 0.1) is 0 Å². The molecule has 0 bridgehead atoms. The van der Waals surface area contributed by atoms with Crippen molar-refractivity contribution < 1.29 is 0 Å². The molecule has 0 aromatic heterocycles. The van der Waals surface area contributed by atoms with Gasteiger partial charge in [0.25, 0.3) is 0 Å². The van der Waals surface area contributed by atoms with Crippen molar-refractivity contribution in [3.05, 3.63) is 59.2 Å². The standard InChI is InChI=1S/C17H21N/c1-3-13-10-11-15(12-18)16(4-2)17(13)14-8-6-5-7-9-14/h5-11H,3-4,12,18H2,1-2H3. The first-order valence-electron chi connectivity index (χ1n) is 6.70. The molecule has 0 spiro atoms. The Morgan fingerprint density at radius 2 is 1.50 bits per heavy atom. The van der Waals surface area contributed by atoms with Crippen LogP contribution in [0.4, 0.5) is 0 Å². The van der Waals surface area contributed by atoms with Crippen LogP contribution < -0.4 is 5.73 Å². The van der Waals surface area contributed by atoms with Crippen LogP contribution in [0.25, 0.3) is 11.1 Å². The molecular formula is C17H21N. The lowest BCUT2D eigenvalue weighted by molar-refractivity contribution is 0.992. The second-order valence-corrected chi connectivity index (χ2v) is 4.51. The zero-order valence-electron chi connectivity index (χ0n) is 11.2. The Morgan fingerprint density at radius 1 is 0.833 bits per heavy atom. The summed E-state index contributed by atoms with van der Waals surface area (Å²) >= 11 is 0. The van der Waals surface area contributed by atoms with Crippen LogP contribution in [0.5, 0.6) is 0 Å². The molecule has 2 aromatic rings. The Kier molecular flexibility index (Phi) is 4.16. The van der Waals surface area contributed by atoms with E-state index in [0.717, 1.165) is 12.8 Å². The van der Waals surface area contributed by atoms with Gasteiger partial charge in [-0.25, -0.2) is 0 Å². The first-order chi connectivity index (χ1) is 8.81. The van der Waals surface area contributed by atoms with E-state index in [2.05, 4.69) is 56.3 Å². The summed E-state index contributed by atoms with van der Waals surface area (Å²) in [5.41, 5.74) is 12.7. The van der Waals surface area contributed by atoms with Crippen LogP contribution in [0.15, 0.2) is 42.5 Å². The molecule has 0 atom stereocenters. The molecule has 1 heteroatoms. The van der Waals surface area contributed by atoms with Crippen LogP contribution in [-0.4, -0.2) is 0 Å². The van der Waals surface area contributed by atoms with Gasteiger partial charge in [0.05, 0.1) is 0 Å². The van der Waals surface area contributed by atoms with Gasteiger partial charge in [0.2, 0.25) is 0 Å². The summed E-state index contributed by atoms with van der Waals surface area (Å²) in [5.74, 6) is 0. The highest BCUT2D eigenvalue weighted by Gasteiger charge is 2.11. The minimum atomic E-state index is 0.618. The van der Waals surface area contributed by atoms with Crippen molar-refractivity contribution >= 4 is 0 Å². The maximum Gasteiger partial charge on any atom is 0.0181 e. The quantitative estimate of drug-likeness (QED) is 0.859. The van der Waals surface area contributed by atoms with E-state index in [4.69, 9.17) is 5.73 Å². The van der Waals surface area contributed by atoms with Gasteiger partial charge in [0.15, 0.2) is 0 Å². The third kappa shape index (κ3) is 2.32. The fourth-order valence-corrected chi connectivity index (χ4v) is 2.59. The highest BCUT2D eigenvalue weighted by atomic mass is 14.5. The number of rotatable bonds is 4. The van der Waals surface area contributed by atoms with Crippen molar-refractivity contribution in [1.29, 1.82) is 0 Å². The van der Waals surface area contributed by atoms with E-state index < -0.39 is 0 Å². The molecule has 0 aliphatic rings. The molecular weight excluding hydrogens is 218 g/mol. The number of nitrogens with two attached hydrogens (primary N) is 1. The number of hydrogen-bond donors (Lipinski definition) is 1. The van der Waals surface area contributed by atoms with E-state index in [9.17, 15) is 0 Å². The lowest BCUT2D eigenvalue weighted by Gasteiger charge is -2.17. The number of aryl methyl sites for hydroxylation is 1. The third-order valence-electron chi connectivity index (χ3n) is 3.51. The predicted molar refractivity (Wildman–Crippen MR) is 78.5 cm³/mol. The fraction of sp³-hybridized carbons (Fsp3) is 0.294.